The number of nitrogens with one attached hydrogen (secondary N) is 1. The van der Waals surface area contributed by atoms with Gasteiger partial charge in [-0.3, -0.25) is 9.59 Å². The average molecular weight is 397 g/mol. The molecule has 1 saturated heterocycles. The molecule has 1 aromatic heterocycles. The lowest BCUT2D eigenvalue weighted by molar-refractivity contribution is -0.137. The van der Waals surface area contributed by atoms with Crippen LogP contribution in [0.15, 0.2) is 22.7 Å². The zero-order chi connectivity index (χ0) is 17.3. The standard InChI is InChI=1S/C17H18BrFN2O3/c18-11-6-13(19)12-8-15(20-14(12)7-11)17(24)21-5-1-2-10(9-21)3-4-16(22)23/h6-8,10,20H,1-5,9H2,(H,22,23). The zero-order valence-corrected chi connectivity index (χ0v) is 14.6. The molecule has 0 aliphatic carbocycles. The molecule has 1 aliphatic rings. The molecule has 1 aliphatic heterocycles. The molecule has 128 valence electrons. The van der Waals surface area contributed by atoms with Gasteiger partial charge in [-0.1, -0.05) is 15.9 Å². The number of nitrogens with zero attached hydrogens (tertiary/aromatic N) is 1. The van der Waals surface area contributed by atoms with E-state index in [1.165, 1.54) is 6.07 Å². The Kier molecular flexibility index (Phi) is 4.89. The summed E-state index contributed by atoms with van der Waals surface area (Å²) in [6, 6.07) is 4.65. The second-order valence-corrected chi connectivity index (χ2v) is 7.14. The molecule has 1 aromatic carbocycles. The minimum atomic E-state index is -0.810. The molecular weight excluding hydrogens is 379 g/mol. The van der Waals surface area contributed by atoms with Gasteiger partial charge in [0.05, 0.1) is 5.52 Å². The van der Waals surface area contributed by atoms with E-state index in [1.807, 2.05) is 0 Å². The molecule has 7 heteroatoms. The van der Waals surface area contributed by atoms with Crippen LogP contribution in [0.2, 0.25) is 0 Å². The van der Waals surface area contributed by atoms with E-state index in [0.717, 1.165) is 12.8 Å². The minimum absolute atomic E-state index is 0.123. The number of hydrogen-bond acceptors (Lipinski definition) is 2. The van der Waals surface area contributed by atoms with Crippen molar-refractivity contribution in [1.29, 1.82) is 0 Å². The Labute approximate surface area is 147 Å². The van der Waals surface area contributed by atoms with Crippen molar-refractivity contribution in [2.24, 2.45) is 5.92 Å². The highest BCUT2D eigenvalue weighted by molar-refractivity contribution is 9.10. The molecule has 1 amide bonds. The van der Waals surface area contributed by atoms with E-state index in [2.05, 4.69) is 20.9 Å². The highest BCUT2D eigenvalue weighted by atomic mass is 79.9. The fraction of sp³-hybridized carbons (Fsp3) is 0.412. The van der Waals surface area contributed by atoms with E-state index in [9.17, 15) is 14.0 Å². The van der Waals surface area contributed by atoms with E-state index in [-0.39, 0.29) is 24.1 Å². The minimum Gasteiger partial charge on any atom is -0.481 e. The number of aliphatic carboxylic acids is 1. The van der Waals surface area contributed by atoms with Gasteiger partial charge in [-0.05, 0) is 43.4 Å². The Morgan fingerprint density at radius 2 is 2.17 bits per heavy atom. The van der Waals surface area contributed by atoms with Crippen molar-refractivity contribution >= 4 is 38.7 Å². The van der Waals surface area contributed by atoms with Crippen molar-refractivity contribution in [3.63, 3.8) is 0 Å². The molecule has 3 rings (SSSR count). The molecule has 0 radical (unpaired) electrons. The highest BCUT2D eigenvalue weighted by Crippen LogP contribution is 2.26. The molecule has 1 fully saturated rings. The Balaban J connectivity index is 1.76. The SMILES string of the molecule is O=C(O)CCC1CCCN(C(=O)c2cc3c(F)cc(Br)cc3[nH]2)C1. The van der Waals surface area contributed by atoms with Crippen LogP contribution in [0, 0.1) is 11.7 Å². The van der Waals surface area contributed by atoms with E-state index in [1.54, 1.807) is 17.0 Å². The molecule has 5 nitrogen and oxygen atoms in total. The van der Waals surface area contributed by atoms with Crippen molar-refractivity contribution in [3.8, 4) is 0 Å². The summed E-state index contributed by atoms with van der Waals surface area (Å²) in [7, 11) is 0. The topological polar surface area (TPSA) is 73.4 Å². The van der Waals surface area contributed by atoms with E-state index >= 15 is 0 Å². The molecule has 2 N–H and O–H groups in total. The number of carbonyl (C=O) groups excluding carboxylic acids is 1. The van der Waals surface area contributed by atoms with Crippen LogP contribution < -0.4 is 0 Å². The quantitative estimate of drug-likeness (QED) is 0.825. The number of carboxylic acid groups (broad SMARTS) is 1. The Hall–Kier alpha value is -1.89. The summed E-state index contributed by atoms with van der Waals surface area (Å²) in [4.78, 5) is 28.1. The summed E-state index contributed by atoms with van der Waals surface area (Å²) < 4.78 is 14.6. The van der Waals surface area contributed by atoms with Crippen molar-refractivity contribution in [1.82, 2.24) is 9.88 Å². The molecule has 0 saturated carbocycles. The molecule has 0 bridgehead atoms. The van der Waals surface area contributed by atoms with Gasteiger partial charge in [-0.2, -0.15) is 0 Å². The number of hydrogen-bond donors (Lipinski definition) is 2. The second-order valence-electron chi connectivity index (χ2n) is 6.22. The van der Waals surface area contributed by atoms with Crippen molar-refractivity contribution in [2.45, 2.75) is 25.7 Å². The maximum absolute atomic E-state index is 14.0. The Morgan fingerprint density at radius 1 is 1.38 bits per heavy atom. The smallest absolute Gasteiger partial charge is 0.303 e. The predicted octanol–water partition coefficient (Wildman–Crippen LogP) is 3.79. The number of benzene rings is 1. The molecule has 24 heavy (non-hydrogen) atoms. The molecule has 1 atom stereocenters. The van der Waals surface area contributed by atoms with Crippen LogP contribution in [0.5, 0.6) is 0 Å². The summed E-state index contributed by atoms with van der Waals surface area (Å²) in [5, 5.41) is 9.19. The lowest BCUT2D eigenvalue weighted by Gasteiger charge is -2.32. The van der Waals surface area contributed by atoms with Crippen molar-refractivity contribution in [2.75, 3.05) is 13.1 Å². The Bertz CT molecular complexity index is 789. The number of piperidine rings is 1. The molecule has 2 heterocycles. The van der Waals surface area contributed by atoms with Gasteiger partial charge in [0, 0.05) is 29.4 Å². The van der Waals surface area contributed by atoms with Crippen LogP contribution >= 0.6 is 15.9 Å². The maximum Gasteiger partial charge on any atom is 0.303 e. The lowest BCUT2D eigenvalue weighted by Crippen LogP contribution is -2.40. The third-order valence-corrected chi connectivity index (χ3v) is 4.91. The number of amides is 1. The van der Waals surface area contributed by atoms with Crippen LogP contribution in [0.4, 0.5) is 4.39 Å². The number of H-pyrrole nitrogens is 1. The highest BCUT2D eigenvalue weighted by Gasteiger charge is 2.26. The van der Waals surface area contributed by atoms with Crippen LogP contribution in [-0.2, 0) is 4.79 Å². The number of aromatic amines is 1. The lowest BCUT2D eigenvalue weighted by atomic mass is 9.93. The van der Waals surface area contributed by atoms with Gasteiger partial charge in [-0.25, -0.2) is 4.39 Å². The normalized spacial score (nSPS) is 18.1. The maximum atomic E-state index is 14.0. The van der Waals surface area contributed by atoms with Crippen LogP contribution in [-0.4, -0.2) is 40.0 Å². The fourth-order valence-corrected chi connectivity index (χ4v) is 3.69. The van der Waals surface area contributed by atoms with Crippen LogP contribution in [0.1, 0.15) is 36.2 Å². The Morgan fingerprint density at radius 3 is 2.92 bits per heavy atom. The van der Waals surface area contributed by atoms with Gasteiger partial charge in [0.2, 0.25) is 0 Å². The van der Waals surface area contributed by atoms with Gasteiger partial charge >= 0.3 is 5.97 Å². The third-order valence-electron chi connectivity index (χ3n) is 4.46. The molecule has 2 aromatic rings. The van der Waals surface area contributed by atoms with E-state index < -0.39 is 5.97 Å². The van der Waals surface area contributed by atoms with Gasteiger partial charge in [0.15, 0.2) is 0 Å². The fourth-order valence-electron chi connectivity index (χ4n) is 3.26. The molecular formula is C17H18BrFN2O3. The first kappa shape index (κ1) is 17.0. The van der Waals surface area contributed by atoms with Gasteiger partial charge in [-0.15, -0.1) is 0 Å². The number of likely N-dealkylation sites (tertiary alicyclic amines) is 1. The summed E-state index contributed by atoms with van der Waals surface area (Å²) >= 11 is 3.24. The van der Waals surface area contributed by atoms with Crippen LogP contribution in [0.25, 0.3) is 10.9 Å². The second kappa shape index (κ2) is 6.93. The largest absolute Gasteiger partial charge is 0.481 e. The predicted molar refractivity (Wildman–Crippen MR) is 91.5 cm³/mol. The third kappa shape index (κ3) is 3.61. The van der Waals surface area contributed by atoms with Gasteiger partial charge in [0.25, 0.3) is 5.91 Å². The number of halogens is 2. The van der Waals surface area contributed by atoms with Gasteiger partial charge in [0.1, 0.15) is 11.5 Å². The first-order valence-corrected chi connectivity index (χ1v) is 8.72. The number of rotatable bonds is 4. The number of aromatic nitrogens is 1. The van der Waals surface area contributed by atoms with E-state index in [0.29, 0.717) is 40.6 Å². The average Bonchev–Trinajstić information content (AvgIpc) is 2.96. The number of carbonyl (C=O) groups is 2. The zero-order valence-electron chi connectivity index (χ0n) is 13.0. The first-order valence-electron chi connectivity index (χ1n) is 7.93. The summed E-state index contributed by atoms with van der Waals surface area (Å²) in [6.07, 6.45) is 2.49. The van der Waals surface area contributed by atoms with E-state index in [4.69, 9.17) is 5.11 Å². The summed E-state index contributed by atoms with van der Waals surface area (Å²) in [6.45, 7) is 1.19. The first-order chi connectivity index (χ1) is 11.4. The van der Waals surface area contributed by atoms with Crippen molar-refractivity contribution < 1.29 is 19.1 Å². The van der Waals surface area contributed by atoms with Crippen LogP contribution in [0.3, 0.4) is 0 Å². The van der Waals surface area contributed by atoms with Crippen molar-refractivity contribution in [3.05, 3.63) is 34.2 Å². The van der Waals surface area contributed by atoms with Gasteiger partial charge < -0.3 is 15.0 Å². The molecule has 1 unspecified atom stereocenters. The molecule has 0 spiro atoms. The number of carboxylic acids is 1. The number of fused-ring (bicyclic) bond motifs is 1. The monoisotopic (exact) mass is 396 g/mol. The summed E-state index contributed by atoms with van der Waals surface area (Å²) in [5.74, 6) is -1.15. The summed E-state index contributed by atoms with van der Waals surface area (Å²) in [5.41, 5.74) is 0.936.